The molecular weight excluding hydrogens is 355 g/mol. The minimum atomic E-state index is -4.53. The van der Waals surface area contributed by atoms with Crippen molar-refractivity contribution in [3.05, 3.63) is 39.9 Å². The summed E-state index contributed by atoms with van der Waals surface area (Å²) >= 11 is 2.84. The van der Waals surface area contributed by atoms with Gasteiger partial charge in [0.05, 0.1) is 11.3 Å². The molecule has 0 spiro atoms. The van der Waals surface area contributed by atoms with Crippen LogP contribution in [0.4, 0.5) is 13.2 Å². The van der Waals surface area contributed by atoms with E-state index in [1.807, 2.05) is 0 Å². The molecule has 112 valence electrons. The first-order valence-electron chi connectivity index (χ1n) is 5.80. The molecule has 0 saturated heterocycles. The van der Waals surface area contributed by atoms with Gasteiger partial charge in [-0.25, -0.2) is 14.5 Å². The van der Waals surface area contributed by atoms with Crippen LogP contribution in [0.2, 0.25) is 0 Å². The van der Waals surface area contributed by atoms with Crippen LogP contribution >= 0.6 is 15.9 Å². The number of hydrogen-bond acceptors (Lipinski definition) is 3. The summed E-state index contributed by atoms with van der Waals surface area (Å²) in [5.41, 5.74) is -0.767. The standard InChI is InChI=1S/C12H9BrF3N3O2/c1-2-9-17-10(11(20)21)18-19(9)6-3-4-8(13)7(5-6)12(14,15)16/h3-5H,2H2,1H3,(H,20,21). The maximum absolute atomic E-state index is 12.9. The van der Waals surface area contributed by atoms with Crippen LogP contribution in [-0.4, -0.2) is 25.8 Å². The van der Waals surface area contributed by atoms with Crippen molar-refractivity contribution < 1.29 is 23.1 Å². The highest BCUT2D eigenvalue weighted by Gasteiger charge is 2.33. The molecule has 0 radical (unpaired) electrons. The van der Waals surface area contributed by atoms with Gasteiger partial charge in [-0.15, -0.1) is 5.10 Å². The normalized spacial score (nSPS) is 11.7. The van der Waals surface area contributed by atoms with Crippen LogP contribution < -0.4 is 0 Å². The Morgan fingerprint density at radius 1 is 1.43 bits per heavy atom. The maximum atomic E-state index is 12.9. The zero-order valence-corrected chi connectivity index (χ0v) is 12.2. The SMILES string of the molecule is CCc1nc(C(=O)O)nn1-c1ccc(Br)c(C(F)(F)F)c1. The van der Waals surface area contributed by atoms with Gasteiger partial charge >= 0.3 is 12.1 Å². The summed E-state index contributed by atoms with van der Waals surface area (Å²) in [6, 6.07) is 3.53. The predicted molar refractivity (Wildman–Crippen MR) is 70.4 cm³/mol. The average Bonchev–Trinajstić information content (AvgIpc) is 2.82. The van der Waals surface area contributed by atoms with E-state index in [1.165, 1.54) is 12.1 Å². The lowest BCUT2D eigenvalue weighted by Gasteiger charge is -2.11. The molecule has 0 aliphatic rings. The molecule has 5 nitrogen and oxygen atoms in total. The van der Waals surface area contributed by atoms with Crippen LogP contribution in [0.25, 0.3) is 5.69 Å². The van der Waals surface area contributed by atoms with Gasteiger partial charge in [-0.05, 0) is 18.2 Å². The molecular formula is C12H9BrF3N3O2. The number of rotatable bonds is 3. The summed E-state index contributed by atoms with van der Waals surface area (Å²) in [4.78, 5) is 14.6. The maximum Gasteiger partial charge on any atom is 0.417 e. The van der Waals surface area contributed by atoms with Gasteiger partial charge in [-0.3, -0.25) is 0 Å². The fraction of sp³-hybridized carbons (Fsp3) is 0.250. The Labute approximate surface area is 125 Å². The predicted octanol–water partition coefficient (Wildman–Crippen LogP) is 3.31. The third-order valence-corrected chi connectivity index (χ3v) is 3.37. The molecule has 0 saturated carbocycles. The molecule has 0 amide bonds. The Bertz CT molecular complexity index is 698. The Morgan fingerprint density at radius 2 is 2.10 bits per heavy atom. The molecule has 2 aromatic rings. The van der Waals surface area contributed by atoms with Crippen molar-refractivity contribution in [2.75, 3.05) is 0 Å². The van der Waals surface area contributed by atoms with Gasteiger partial charge in [0.25, 0.3) is 5.82 Å². The molecule has 0 atom stereocenters. The van der Waals surface area contributed by atoms with Crippen molar-refractivity contribution >= 4 is 21.9 Å². The molecule has 0 bridgehead atoms. The summed E-state index contributed by atoms with van der Waals surface area (Å²) in [6.45, 7) is 1.70. The van der Waals surface area contributed by atoms with Crippen molar-refractivity contribution in [3.8, 4) is 5.69 Å². The first-order chi connectivity index (χ1) is 9.74. The molecule has 1 aromatic carbocycles. The van der Waals surface area contributed by atoms with Gasteiger partial charge in [-0.1, -0.05) is 22.9 Å². The number of halogens is 4. The van der Waals surface area contributed by atoms with E-state index >= 15 is 0 Å². The van der Waals surface area contributed by atoms with Crippen molar-refractivity contribution in [1.29, 1.82) is 0 Å². The second kappa shape index (κ2) is 5.47. The van der Waals surface area contributed by atoms with Crippen LogP contribution in [0.1, 0.15) is 28.9 Å². The van der Waals surface area contributed by atoms with E-state index in [-0.39, 0.29) is 16.0 Å². The van der Waals surface area contributed by atoms with Gasteiger partial charge in [0, 0.05) is 10.9 Å². The number of nitrogens with zero attached hydrogens (tertiary/aromatic N) is 3. The van der Waals surface area contributed by atoms with E-state index in [4.69, 9.17) is 5.11 Å². The van der Waals surface area contributed by atoms with E-state index in [0.29, 0.717) is 6.42 Å². The lowest BCUT2D eigenvalue weighted by molar-refractivity contribution is -0.138. The molecule has 2 rings (SSSR count). The fourth-order valence-corrected chi connectivity index (χ4v) is 2.20. The Morgan fingerprint density at radius 3 is 2.62 bits per heavy atom. The van der Waals surface area contributed by atoms with Gasteiger partial charge in [0.15, 0.2) is 0 Å². The van der Waals surface area contributed by atoms with Crippen LogP contribution in [-0.2, 0) is 12.6 Å². The first-order valence-corrected chi connectivity index (χ1v) is 6.59. The van der Waals surface area contributed by atoms with Crippen molar-refractivity contribution in [2.24, 2.45) is 0 Å². The summed E-state index contributed by atoms with van der Waals surface area (Å²) in [5.74, 6) is -1.53. The van der Waals surface area contributed by atoms with E-state index < -0.39 is 23.5 Å². The van der Waals surface area contributed by atoms with Crippen LogP contribution in [0.15, 0.2) is 22.7 Å². The number of carboxylic acid groups (broad SMARTS) is 1. The quantitative estimate of drug-likeness (QED) is 0.908. The third-order valence-electron chi connectivity index (χ3n) is 2.68. The van der Waals surface area contributed by atoms with Crippen LogP contribution in [0, 0.1) is 0 Å². The smallest absolute Gasteiger partial charge is 0.417 e. The third kappa shape index (κ3) is 3.07. The zero-order chi connectivity index (χ0) is 15.8. The number of carboxylic acids is 1. The van der Waals surface area contributed by atoms with Crippen molar-refractivity contribution in [1.82, 2.24) is 14.8 Å². The van der Waals surface area contributed by atoms with Crippen molar-refractivity contribution in [3.63, 3.8) is 0 Å². The number of aromatic carboxylic acids is 1. The summed E-state index contributed by atoms with van der Waals surface area (Å²) in [5, 5.41) is 12.6. The molecule has 9 heteroatoms. The summed E-state index contributed by atoms with van der Waals surface area (Å²) < 4.78 is 39.7. The van der Waals surface area contributed by atoms with E-state index in [9.17, 15) is 18.0 Å². The molecule has 0 fully saturated rings. The van der Waals surface area contributed by atoms with Crippen LogP contribution in [0.5, 0.6) is 0 Å². The topological polar surface area (TPSA) is 68.0 Å². The molecule has 0 aliphatic carbocycles. The van der Waals surface area contributed by atoms with Gasteiger partial charge < -0.3 is 5.11 Å². The number of carbonyl (C=O) groups is 1. The number of benzene rings is 1. The Balaban J connectivity index is 2.59. The molecule has 0 aliphatic heterocycles. The van der Waals surface area contributed by atoms with Crippen LogP contribution in [0.3, 0.4) is 0 Å². The second-order valence-electron chi connectivity index (χ2n) is 4.08. The highest BCUT2D eigenvalue weighted by Crippen LogP contribution is 2.36. The molecule has 1 heterocycles. The largest absolute Gasteiger partial charge is 0.475 e. The molecule has 1 aromatic heterocycles. The molecule has 21 heavy (non-hydrogen) atoms. The van der Waals surface area contributed by atoms with E-state index in [0.717, 1.165) is 10.7 Å². The molecule has 0 unspecified atom stereocenters. The van der Waals surface area contributed by atoms with Gasteiger partial charge in [0.2, 0.25) is 0 Å². The van der Waals surface area contributed by atoms with Crippen molar-refractivity contribution in [2.45, 2.75) is 19.5 Å². The molecule has 1 N–H and O–H groups in total. The van der Waals surface area contributed by atoms with Gasteiger partial charge in [0.1, 0.15) is 5.82 Å². The number of aromatic nitrogens is 3. The number of alkyl halides is 3. The number of aryl methyl sites for hydroxylation is 1. The monoisotopic (exact) mass is 363 g/mol. The first kappa shape index (κ1) is 15.5. The van der Waals surface area contributed by atoms with E-state index in [2.05, 4.69) is 26.0 Å². The Kier molecular flexibility index (Phi) is 4.04. The average molecular weight is 364 g/mol. The summed E-state index contributed by atoms with van der Waals surface area (Å²) in [7, 11) is 0. The minimum absolute atomic E-state index is 0.0994. The lowest BCUT2D eigenvalue weighted by Crippen LogP contribution is -2.09. The van der Waals surface area contributed by atoms with Gasteiger partial charge in [-0.2, -0.15) is 13.2 Å². The number of hydrogen-bond donors (Lipinski definition) is 1. The fourth-order valence-electron chi connectivity index (χ4n) is 1.73. The Hall–Kier alpha value is -1.90. The van der Waals surface area contributed by atoms with E-state index in [1.54, 1.807) is 6.92 Å². The lowest BCUT2D eigenvalue weighted by atomic mass is 10.2. The summed E-state index contributed by atoms with van der Waals surface area (Å²) in [6.07, 6.45) is -4.20. The highest BCUT2D eigenvalue weighted by atomic mass is 79.9. The highest BCUT2D eigenvalue weighted by molar-refractivity contribution is 9.10. The second-order valence-corrected chi connectivity index (χ2v) is 4.94. The zero-order valence-electron chi connectivity index (χ0n) is 10.6. The minimum Gasteiger partial charge on any atom is -0.475 e.